The van der Waals surface area contributed by atoms with Crippen LogP contribution in [-0.4, -0.2) is 122 Å². The van der Waals surface area contributed by atoms with Crippen LogP contribution in [0.1, 0.15) is 158 Å². The Bertz CT molecular complexity index is 1560. The van der Waals surface area contributed by atoms with Crippen LogP contribution in [0.3, 0.4) is 0 Å². The Hall–Kier alpha value is -4.44. The van der Waals surface area contributed by atoms with Crippen LogP contribution >= 0.6 is 0 Å². The lowest BCUT2D eigenvalue weighted by atomic mass is 9.92. The summed E-state index contributed by atoms with van der Waals surface area (Å²) in [6.07, 6.45) is 7.07. The standard InChI is InChI=1S/C48H95N13O8/c1-9-29(5)37(53)45(66)59-39(31(7)11-3)47(68)61-40(32(8)12-4)48(69)60-38(30(6)10-2)46(67)58-36(24-16-20-28-52)44(65)57-35(23-15-19-27-51)43(64)56-34(22-14-18-26-50)42(63)55-33(41(54)62)21-13-17-25-49/h29-40H,9-28,49-53H2,1-8H3,(H2,54,62)(H,55,63)(H,56,64)(H,57,65)(H,58,67)(H,59,66)(H,60,69)(H,61,68)/t29-,30-,31-,32-,33-,34-,35-,36-,37-,38-,39-,40-/m0/s1. The van der Waals surface area contributed by atoms with E-state index in [2.05, 4.69) is 37.2 Å². The van der Waals surface area contributed by atoms with Crippen molar-refractivity contribution < 1.29 is 38.4 Å². The van der Waals surface area contributed by atoms with E-state index in [0.29, 0.717) is 103 Å². The molecule has 21 heteroatoms. The number of nitrogens with one attached hydrogen (secondary N) is 7. The second kappa shape index (κ2) is 36.5. The van der Waals surface area contributed by atoms with Crippen LogP contribution in [0.4, 0.5) is 0 Å². The average Bonchev–Trinajstić information content (AvgIpc) is 3.33. The normalized spacial score (nSPS) is 16.6. The maximum Gasteiger partial charge on any atom is 0.243 e. The molecule has 0 spiro atoms. The van der Waals surface area contributed by atoms with Crippen molar-refractivity contribution in [2.24, 2.45) is 58.1 Å². The molecule has 19 N–H and O–H groups in total. The third kappa shape index (κ3) is 24.3. The van der Waals surface area contributed by atoms with E-state index in [9.17, 15) is 38.4 Å². The highest BCUT2D eigenvalue weighted by molar-refractivity contribution is 5.98. The fourth-order valence-corrected chi connectivity index (χ4v) is 7.50. The average molecular weight is 982 g/mol. The molecule has 0 fully saturated rings. The van der Waals surface area contributed by atoms with Gasteiger partial charge in [0.15, 0.2) is 0 Å². The van der Waals surface area contributed by atoms with Gasteiger partial charge in [-0.05, 0) is 127 Å². The summed E-state index contributed by atoms with van der Waals surface area (Å²) in [5, 5.41) is 19.6. The molecule has 0 saturated heterocycles. The fraction of sp³-hybridized carbons (Fsp3) is 0.833. The van der Waals surface area contributed by atoms with Crippen molar-refractivity contribution in [1.82, 2.24) is 37.2 Å². The molecule has 0 aliphatic rings. The van der Waals surface area contributed by atoms with Gasteiger partial charge in [-0.15, -0.1) is 0 Å². The second-order valence-electron chi connectivity index (χ2n) is 18.8. The van der Waals surface area contributed by atoms with Crippen molar-refractivity contribution in [3.05, 3.63) is 0 Å². The highest BCUT2D eigenvalue weighted by Crippen LogP contribution is 2.17. The molecule has 400 valence electrons. The Labute approximate surface area is 412 Å². The van der Waals surface area contributed by atoms with E-state index in [1.54, 1.807) is 13.8 Å². The van der Waals surface area contributed by atoms with Crippen molar-refractivity contribution in [3.8, 4) is 0 Å². The molecule has 69 heavy (non-hydrogen) atoms. The van der Waals surface area contributed by atoms with E-state index in [0.717, 1.165) is 0 Å². The number of hydrogen-bond acceptors (Lipinski definition) is 13. The first-order chi connectivity index (χ1) is 32.7. The topological polar surface area (TPSA) is 377 Å². The SMILES string of the molecule is CC[C@H](C)[C@H](N)C(=O)N[C@H](C(=O)N[C@H](C(=O)N[C@H](C(=O)N[C@@H](CCCCN)C(=O)N[C@@H](CCCCN)C(=O)N[C@@H](CCCCN)C(=O)N[C@@H](CCCCN)C(N)=O)[C@@H](C)CC)[C@@H](C)CC)[C@@H](C)CC. The lowest BCUT2D eigenvalue weighted by molar-refractivity contribution is -0.137. The van der Waals surface area contributed by atoms with Crippen molar-refractivity contribution in [2.45, 2.75) is 206 Å². The summed E-state index contributed by atoms with van der Waals surface area (Å²) in [6, 6.07) is -8.46. The van der Waals surface area contributed by atoms with Gasteiger partial charge in [0.05, 0.1) is 6.04 Å². The maximum absolute atomic E-state index is 14.3. The zero-order valence-electron chi connectivity index (χ0n) is 43.3. The van der Waals surface area contributed by atoms with Gasteiger partial charge in [-0.3, -0.25) is 38.4 Å². The van der Waals surface area contributed by atoms with Gasteiger partial charge >= 0.3 is 0 Å². The number of primary amides is 1. The molecule has 0 rings (SSSR count). The quantitative estimate of drug-likeness (QED) is 0.0358. The molecule has 0 aliphatic heterocycles. The third-order valence-electron chi connectivity index (χ3n) is 13.3. The van der Waals surface area contributed by atoms with Crippen molar-refractivity contribution in [2.75, 3.05) is 26.2 Å². The number of nitrogens with two attached hydrogens (primary N) is 6. The van der Waals surface area contributed by atoms with Gasteiger partial charge in [-0.1, -0.05) is 81.1 Å². The van der Waals surface area contributed by atoms with Gasteiger partial charge in [0.2, 0.25) is 47.3 Å². The van der Waals surface area contributed by atoms with E-state index < -0.39 is 102 Å². The van der Waals surface area contributed by atoms with E-state index in [1.165, 1.54) is 0 Å². The minimum absolute atomic E-state index is 0.127. The van der Waals surface area contributed by atoms with Gasteiger partial charge in [0.1, 0.15) is 42.3 Å². The highest BCUT2D eigenvalue weighted by atomic mass is 16.2. The van der Waals surface area contributed by atoms with E-state index in [4.69, 9.17) is 34.4 Å². The lowest BCUT2D eigenvalue weighted by Gasteiger charge is -2.32. The molecule has 12 atom stereocenters. The zero-order chi connectivity index (χ0) is 52.6. The van der Waals surface area contributed by atoms with Crippen molar-refractivity contribution >= 4 is 47.3 Å². The number of carbonyl (C=O) groups excluding carboxylic acids is 8. The second-order valence-corrected chi connectivity index (χ2v) is 18.8. The Balaban J connectivity index is 6.72. The monoisotopic (exact) mass is 982 g/mol. The van der Waals surface area contributed by atoms with E-state index >= 15 is 0 Å². The molecule has 0 saturated carbocycles. The van der Waals surface area contributed by atoms with Crippen LogP contribution in [0.15, 0.2) is 0 Å². The Morgan fingerprint density at radius 2 is 0.594 bits per heavy atom. The number of rotatable bonds is 39. The molecule has 0 aromatic carbocycles. The Kier molecular flexibility index (Phi) is 34.1. The first kappa shape index (κ1) is 64.6. The van der Waals surface area contributed by atoms with Crippen LogP contribution in [0.25, 0.3) is 0 Å². The van der Waals surface area contributed by atoms with Crippen LogP contribution < -0.4 is 71.6 Å². The first-order valence-corrected chi connectivity index (χ1v) is 25.7. The van der Waals surface area contributed by atoms with Crippen LogP contribution in [0, 0.1) is 23.7 Å². The maximum atomic E-state index is 14.3. The number of unbranched alkanes of at least 4 members (excludes halogenated alkanes) is 4. The van der Waals surface area contributed by atoms with E-state index in [1.807, 2.05) is 41.5 Å². The number of amides is 8. The molecule has 0 aromatic heterocycles. The van der Waals surface area contributed by atoms with E-state index in [-0.39, 0.29) is 43.4 Å². The van der Waals surface area contributed by atoms with Gasteiger partial charge in [-0.25, -0.2) is 0 Å². The molecular weight excluding hydrogens is 887 g/mol. The molecule has 8 amide bonds. The smallest absolute Gasteiger partial charge is 0.243 e. The summed E-state index contributed by atoms with van der Waals surface area (Å²) >= 11 is 0. The molecule has 0 aromatic rings. The predicted octanol–water partition coefficient (Wildman–Crippen LogP) is -0.107. The lowest BCUT2D eigenvalue weighted by Crippen LogP contribution is -2.62. The summed E-state index contributed by atoms with van der Waals surface area (Å²) < 4.78 is 0. The Morgan fingerprint density at radius 3 is 0.870 bits per heavy atom. The molecule has 0 unspecified atom stereocenters. The fourth-order valence-electron chi connectivity index (χ4n) is 7.50. The predicted molar refractivity (Wildman–Crippen MR) is 270 cm³/mol. The van der Waals surface area contributed by atoms with Gasteiger partial charge < -0.3 is 71.6 Å². The summed E-state index contributed by atoms with van der Waals surface area (Å²) in [5.74, 6) is -6.22. The molecule has 0 radical (unpaired) electrons. The van der Waals surface area contributed by atoms with Crippen LogP contribution in [-0.2, 0) is 38.4 Å². The minimum Gasteiger partial charge on any atom is -0.368 e. The zero-order valence-corrected chi connectivity index (χ0v) is 43.3. The molecule has 21 nitrogen and oxygen atoms in total. The number of hydrogen-bond donors (Lipinski definition) is 13. The molecule has 0 heterocycles. The van der Waals surface area contributed by atoms with Gasteiger partial charge in [0, 0.05) is 0 Å². The summed E-state index contributed by atoms with van der Waals surface area (Å²) in [5.41, 5.74) is 34.7. The van der Waals surface area contributed by atoms with Crippen molar-refractivity contribution in [1.29, 1.82) is 0 Å². The summed E-state index contributed by atoms with van der Waals surface area (Å²) in [6.45, 7) is 16.2. The van der Waals surface area contributed by atoms with Gasteiger partial charge in [-0.2, -0.15) is 0 Å². The largest absolute Gasteiger partial charge is 0.368 e. The van der Waals surface area contributed by atoms with Gasteiger partial charge in [0.25, 0.3) is 0 Å². The molecule has 0 bridgehead atoms. The third-order valence-corrected chi connectivity index (χ3v) is 13.3. The van der Waals surface area contributed by atoms with Crippen molar-refractivity contribution in [3.63, 3.8) is 0 Å². The minimum atomic E-state index is -1.17. The summed E-state index contributed by atoms with van der Waals surface area (Å²) in [4.78, 5) is 110. The highest BCUT2D eigenvalue weighted by Gasteiger charge is 2.37. The Morgan fingerprint density at radius 1 is 0.348 bits per heavy atom. The van der Waals surface area contributed by atoms with Crippen LogP contribution in [0.5, 0.6) is 0 Å². The molecular formula is C48H95N13O8. The number of carbonyl (C=O) groups is 8. The van der Waals surface area contributed by atoms with Crippen LogP contribution in [0.2, 0.25) is 0 Å². The molecule has 0 aliphatic carbocycles. The summed E-state index contributed by atoms with van der Waals surface area (Å²) in [7, 11) is 0. The first-order valence-electron chi connectivity index (χ1n) is 25.7.